The Balaban J connectivity index is 2.37. The summed E-state index contributed by atoms with van der Waals surface area (Å²) in [5.41, 5.74) is 2.55. The van der Waals surface area contributed by atoms with Gasteiger partial charge in [-0.25, -0.2) is 0 Å². The highest BCUT2D eigenvalue weighted by Crippen LogP contribution is 2.33. The van der Waals surface area contributed by atoms with E-state index in [-0.39, 0.29) is 0 Å². The van der Waals surface area contributed by atoms with Crippen LogP contribution in [-0.4, -0.2) is 10.2 Å². The molecule has 0 aliphatic carbocycles. The quantitative estimate of drug-likeness (QED) is 0.770. The fraction of sp³-hybridized carbons (Fsp3) is 0.385. The number of nitrogens with zero attached hydrogens (tertiary/aromatic N) is 2. The first-order valence-electron chi connectivity index (χ1n) is 5.82. The molecule has 0 N–H and O–H groups in total. The average Bonchev–Trinajstić information content (AvgIpc) is 2.87. The maximum atomic E-state index is 4.30. The molecule has 1 atom stereocenters. The van der Waals surface area contributed by atoms with Crippen molar-refractivity contribution in [1.29, 1.82) is 0 Å². The van der Waals surface area contributed by atoms with Gasteiger partial charge in [-0.15, -0.1) is 10.2 Å². The number of alkyl halides is 1. The van der Waals surface area contributed by atoms with Crippen LogP contribution in [-0.2, 0) is 6.42 Å². The second-order valence-electron chi connectivity index (χ2n) is 3.83. The van der Waals surface area contributed by atoms with Crippen LogP contribution in [0.2, 0.25) is 0 Å². The van der Waals surface area contributed by atoms with Crippen LogP contribution in [0.3, 0.4) is 0 Å². The van der Waals surface area contributed by atoms with Crippen LogP contribution in [0.1, 0.15) is 35.7 Å². The maximum Gasteiger partial charge on any atom is 0.148 e. The molecule has 1 aromatic heterocycles. The third kappa shape index (κ3) is 2.75. The van der Waals surface area contributed by atoms with E-state index in [0.717, 1.165) is 22.9 Å². The SMILES string of the molecule is CCc1ccccc1-c1nnc(C(Br)CC)s1. The molecule has 0 aliphatic rings. The highest BCUT2D eigenvalue weighted by molar-refractivity contribution is 9.09. The molecular formula is C13H15BrN2S. The smallest absolute Gasteiger partial charge is 0.142 e. The van der Waals surface area contributed by atoms with Gasteiger partial charge in [0.05, 0.1) is 4.83 Å². The van der Waals surface area contributed by atoms with Gasteiger partial charge in [-0.3, -0.25) is 0 Å². The Kier molecular flexibility index (Phi) is 4.29. The number of rotatable bonds is 4. The lowest BCUT2D eigenvalue weighted by Crippen LogP contribution is -1.86. The number of halogens is 1. The van der Waals surface area contributed by atoms with Crippen molar-refractivity contribution < 1.29 is 0 Å². The van der Waals surface area contributed by atoms with Gasteiger partial charge in [0.1, 0.15) is 10.0 Å². The van der Waals surface area contributed by atoms with Gasteiger partial charge in [0, 0.05) is 5.56 Å². The second kappa shape index (κ2) is 5.74. The van der Waals surface area contributed by atoms with Crippen LogP contribution in [0.25, 0.3) is 10.6 Å². The molecule has 1 unspecified atom stereocenters. The highest BCUT2D eigenvalue weighted by atomic mass is 79.9. The number of hydrogen-bond donors (Lipinski definition) is 0. The number of benzene rings is 1. The fourth-order valence-corrected chi connectivity index (χ4v) is 3.02. The molecular weight excluding hydrogens is 296 g/mol. The lowest BCUT2D eigenvalue weighted by molar-refractivity contribution is 0.870. The molecule has 0 aliphatic heterocycles. The molecule has 17 heavy (non-hydrogen) atoms. The predicted molar refractivity (Wildman–Crippen MR) is 76.7 cm³/mol. The zero-order valence-electron chi connectivity index (χ0n) is 9.98. The van der Waals surface area contributed by atoms with Crippen molar-refractivity contribution in [2.24, 2.45) is 0 Å². The van der Waals surface area contributed by atoms with Crippen LogP contribution in [0.4, 0.5) is 0 Å². The summed E-state index contributed by atoms with van der Waals surface area (Å²) in [6.07, 6.45) is 2.06. The van der Waals surface area contributed by atoms with E-state index in [2.05, 4.69) is 64.2 Å². The molecule has 4 heteroatoms. The monoisotopic (exact) mass is 310 g/mol. The van der Waals surface area contributed by atoms with Crippen molar-refractivity contribution >= 4 is 27.3 Å². The third-order valence-electron chi connectivity index (χ3n) is 2.70. The van der Waals surface area contributed by atoms with Crippen molar-refractivity contribution in [2.75, 3.05) is 0 Å². The molecule has 90 valence electrons. The van der Waals surface area contributed by atoms with E-state index in [9.17, 15) is 0 Å². The third-order valence-corrected chi connectivity index (χ3v) is 5.15. The van der Waals surface area contributed by atoms with Gasteiger partial charge in [0.15, 0.2) is 0 Å². The van der Waals surface area contributed by atoms with E-state index in [0.29, 0.717) is 4.83 Å². The topological polar surface area (TPSA) is 25.8 Å². The Bertz CT molecular complexity index is 496. The molecule has 1 heterocycles. The minimum absolute atomic E-state index is 0.322. The molecule has 1 aromatic carbocycles. The summed E-state index contributed by atoms with van der Waals surface area (Å²) in [4.78, 5) is 0.322. The first-order chi connectivity index (χ1) is 8.26. The Morgan fingerprint density at radius 3 is 2.71 bits per heavy atom. The number of aryl methyl sites for hydroxylation is 1. The Labute approximate surface area is 114 Å². The Hall–Kier alpha value is -0.740. The summed E-state index contributed by atoms with van der Waals surface area (Å²) in [6.45, 7) is 4.31. The van der Waals surface area contributed by atoms with Crippen molar-refractivity contribution in [3.8, 4) is 10.6 Å². The van der Waals surface area contributed by atoms with Gasteiger partial charge < -0.3 is 0 Å². The summed E-state index contributed by atoms with van der Waals surface area (Å²) < 4.78 is 0. The Morgan fingerprint density at radius 2 is 2.00 bits per heavy atom. The first kappa shape index (κ1) is 12.7. The van der Waals surface area contributed by atoms with Crippen molar-refractivity contribution in [2.45, 2.75) is 31.5 Å². The molecule has 2 aromatic rings. The highest BCUT2D eigenvalue weighted by Gasteiger charge is 2.14. The van der Waals surface area contributed by atoms with Gasteiger partial charge in [0.2, 0.25) is 0 Å². The maximum absolute atomic E-state index is 4.30. The zero-order valence-corrected chi connectivity index (χ0v) is 12.4. The van der Waals surface area contributed by atoms with Gasteiger partial charge >= 0.3 is 0 Å². The molecule has 0 spiro atoms. The van der Waals surface area contributed by atoms with E-state index >= 15 is 0 Å². The van der Waals surface area contributed by atoms with E-state index in [1.54, 1.807) is 11.3 Å². The summed E-state index contributed by atoms with van der Waals surface area (Å²) in [6, 6.07) is 8.41. The molecule has 0 saturated carbocycles. The van der Waals surface area contributed by atoms with Gasteiger partial charge in [-0.05, 0) is 18.4 Å². The van der Waals surface area contributed by atoms with Crippen LogP contribution in [0, 0.1) is 0 Å². The van der Waals surface area contributed by atoms with Gasteiger partial charge in [0.25, 0.3) is 0 Å². The largest absolute Gasteiger partial charge is 0.148 e. The van der Waals surface area contributed by atoms with E-state index in [4.69, 9.17) is 0 Å². The van der Waals surface area contributed by atoms with Crippen LogP contribution < -0.4 is 0 Å². The lowest BCUT2D eigenvalue weighted by Gasteiger charge is -2.03. The normalized spacial score (nSPS) is 12.6. The van der Waals surface area contributed by atoms with Crippen LogP contribution in [0.15, 0.2) is 24.3 Å². The van der Waals surface area contributed by atoms with Crippen LogP contribution >= 0.6 is 27.3 Å². The average molecular weight is 311 g/mol. The summed E-state index contributed by atoms with van der Waals surface area (Å²) in [5.74, 6) is 0. The van der Waals surface area contributed by atoms with E-state index < -0.39 is 0 Å². The van der Waals surface area contributed by atoms with E-state index in [1.807, 2.05) is 0 Å². The summed E-state index contributed by atoms with van der Waals surface area (Å²) in [7, 11) is 0. The standard InChI is InChI=1S/C13H15BrN2S/c1-3-9-7-5-6-8-10(9)12-15-16-13(17-12)11(14)4-2/h5-8,11H,3-4H2,1-2H3. The van der Waals surface area contributed by atoms with Crippen molar-refractivity contribution in [1.82, 2.24) is 10.2 Å². The number of hydrogen-bond acceptors (Lipinski definition) is 3. The second-order valence-corrected chi connectivity index (χ2v) is 5.95. The predicted octanol–water partition coefficient (Wildman–Crippen LogP) is 4.61. The van der Waals surface area contributed by atoms with Gasteiger partial charge in [-0.2, -0.15) is 0 Å². The fourth-order valence-electron chi connectivity index (χ4n) is 1.68. The zero-order chi connectivity index (χ0) is 12.3. The summed E-state index contributed by atoms with van der Waals surface area (Å²) in [5, 5.41) is 10.6. The number of aromatic nitrogens is 2. The van der Waals surface area contributed by atoms with Crippen molar-refractivity contribution in [3.05, 3.63) is 34.8 Å². The van der Waals surface area contributed by atoms with Crippen molar-refractivity contribution in [3.63, 3.8) is 0 Å². The van der Waals surface area contributed by atoms with Gasteiger partial charge in [-0.1, -0.05) is 65.4 Å². The van der Waals surface area contributed by atoms with E-state index in [1.165, 1.54) is 11.1 Å². The molecule has 0 fully saturated rings. The molecule has 2 rings (SSSR count). The molecule has 2 nitrogen and oxygen atoms in total. The molecule has 0 amide bonds. The minimum atomic E-state index is 0.322. The summed E-state index contributed by atoms with van der Waals surface area (Å²) >= 11 is 5.29. The molecule has 0 radical (unpaired) electrons. The lowest BCUT2D eigenvalue weighted by atomic mass is 10.1. The molecule has 0 bridgehead atoms. The van der Waals surface area contributed by atoms with Crippen LogP contribution in [0.5, 0.6) is 0 Å². The minimum Gasteiger partial charge on any atom is -0.142 e. The Morgan fingerprint density at radius 1 is 1.24 bits per heavy atom. The first-order valence-corrected chi connectivity index (χ1v) is 7.55. The molecule has 0 saturated heterocycles.